The Hall–Kier alpha value is -1.35. The molecule has 1 aromatic carbocycles. The van der Waals surface area contributed by atoms with Crippen molar-refractivity contribution in [3.8, 4) is 0 Å². The van der Waals surface area contributed by atoms with Gasteiger partial charge in [0.05, 0.1) is 11.0 Å². The van der Waals surface area contributed by atoms with Gasteiger partial charge in [-0.3, -0.25) is 0 Å². The van der Waals surface area contributed by atoms with Gasteiger partial charge in [-0.05, 0) is 56.5 Å². The van der Waals surface area contributed by atoms with Crippen molar-refractivity contribution in [3.63, 3.8) is 0 Å². The highest BCUT2D eigenvalue weighted by atomic mass is 14.9. The number of hydrogen-bond donors (Lipinski definition) is 2. The standard InChI is InChI=1S/C15H23N3/c1-11-9-13-14(10-12(11)2)18-15(17-13)7-5-3-4-6-8-16/h9-10H,3-8,16H2,1-2H3,(H,17,18). The second kappa shape index (κ2) is 6.01. The molecule has 0 bridgehead atoms. The van der Waals surface area contributed by atoms with Gasteiger partial charge in [-0.2, -0.15) is 0 Å². The summed E-state index contributed by atoms with van der Waals surface area (Å²) >= 11 is 0. The number of nitrogens with zero attached hydrogens (tertiary/aromatic N) is 1. The lowest BCUT2D eigenvalue weighted by Gasteiger charge is -1.97. The van der Waals surface area contributed by atoms with Crippen molar-refractivity contribution in [2.75, 3.05) is 6.54 Å². The lowest BCUT2D eigenvalue weighted by molar-refractivity contribution is 0.638. The normalized spacial score (nSPS) is 11.3. The van der Waals surface area contributed by atoms with E-state index < -0.39 is 0 Å². The average molecular weight is 245 g/mol. The smallest absolute Gasteiger partial charge is 0.107 e. The van der Waals surface area contributed by atoms with Crippen LogP contribution in [0.3, 0.4) is 0 Å². The zero-order chi connectivity index (χ0) is 13.0. The Bertz CT molecular complexity index is 475. The first-order valence-corrected chi connectivity index (χ1v) is 6.86. The minimum absolute atomic E-state index is 0.809. The van der Waals surface area contributed by atoms with Crippen molar-refractivity contribution < 1.29 is 0 Å². The molecular weight excluding hydrogens is 222 g/mol. The predicted octanol–water partition coefficient (Wildman–Crippen LogP) is 3.24. The number of hydrogen-bond acceptors (Lipinski definition) is 2. The summed E-state index contributed by atoms with van der Waals surface area (Å²) in [6, 6.07) is 4.36. The molecule has 1 aromatic heterocycles. The fourth-order valence-electron chi connectivity index (χ4n) is 2.23. The van der Waals surface area contributed by atoms with Crippen LogP contribution in [-0.4, -0.2) is 16.5 Å². The monoisotopic (exact) mass is 245 g/mol. The Labute approximate surface area is 109 Å². The predicted molar refractivity (Wildman–Crippen MR) is 76.8 cm³/mol. The van der Waals surface area contributed by atoms with Crippen LogP contribution in [0.25, 0.3) is 11.0 Å². The summed E-state index contributed by atoms with van der Waals surface area (Å²) in [5, 5.41) is 0. The van der Waals surface area contributed by atoms with E-state index in [4.69, 9.17) is 5.73 Å². The molecule has 0 unspecified atom stereocenters. The minimum Gasteiger partial charge on any atom is -0.342 e. The highest BCUT2D eigenvalue weighted by Crippen LogP contribution is 2.18. The zero-order valence-electron chi connectivity index (χ0n) is 11.4. The summed E-state index contributed by atoms with van der Waals surface area (Å²) in [7, 11) is 0. The molecule has 0 saturated carbocycles. The molecule has 3 nitrogen and oxygen atoms in total. The van der Waals surface area contributed by atoms with Crippen LogP contribution in [0.4, 0.5) is 0 Å². The van der Waals surface area contributed by atoms with Crippen molar-refractivity contribution in [1.82, 2.24) is 9.97 Å². The van der Waals surface area contributed by atoms with Crippen LogP contribution in [-0.2, 0) is 6.42 Å². The number of rotatable bonds is 6. The molecule has 2 aromatic rings. The number of H-pyrrole nitrogens is 1. The van der Waals surface area contributed by atoms with Gasteiger partial charge in [-0.25, -0.2) is 4.98 Å². The number of nitrogens with one attached hydrogen (secondary N) is 1. The van der Waals surface area contributed by atoms with Crippen molar-refractivity contribution in [3.05, 3.63) is 29.1 Å². The van der Waals surface area contributed by atoms with E-state index in [-0.39, 0.29) is 0 Å². The van der Waals surface area contributed by atoms with E-state index in [1.165, 1.54) is 30.4 Å². The second-order valence-corrected chi connectivity index (χ2v) is 5.09. The third kappa shape index (κ3) is 3.10. The maximum atomic E-state index is 5.48. The van der Waals surface area contributed by atoms with Gasteiger partial charge in [0.25, 0.3) is 0 Å². The minimum atomic E-state index is 0.809. The first kappa shape index (κ1) is 13.1. The quantitative estimate of drug-likeness (QED) is 0.768. The van der Waals surface area contributed by atoms with Gasteiger partial charge in [0.1, 0.15) is 5.82 Å². The van der Waals surface area contributed by atoms with Gasteiger partial charge in [-0.15, -0.1) is 0 Å². The largest absolute Gasteiger partial charge is 0.342 e. The van der Waals surface area contributed by atoms with E-state index in [1.807, 2.05) is 0 Å². The molecule has 0 aliphatic carbocycles. The molecule has 3 N–H and O–H groups in total. The van der Waals surface area contributed by atoms with Gasteiger partial charge in [0, 0.05) is 6.42 Å². The van der Waals surface area contributed by atoms with E-state index in [0.717, 1.165) is 36.2 Å². The van der Waals surface area contributed by atoms with Crippen molar-refractivity contribution >= 4 is 11.0 Å². The summed E-state index contributed by atoms with van der Waals surface area (Å²) in [5.74, 6) is 1.11. The van der Waals surface area contributed by atoms with Crippen LogP contribution in [0, 0.1) is 13.8 Å². The second-order valence-electron chi connectivity index (χ2n) is 5.09. The number of aromatic nitrogens is 2. The maximum Gasteiger partial charge on any atom is 0.107 e. The van der Waals surface area contributed by atoms with E-state index in [0.29, 0.717) is 0 Å². The number of aryl methyl sites for hydroxylation is 3. The molecule has 98 valence electrons. The molecule has 0 fully saturated rings. The molecule has 0 radical (unpaired) electrons. The lowest BCUT2D eigenvalue weighted by Crippen LogP contribution is -1.98. The number of nitrogens with two attached hydrogens (primary N) is 1. The highest BCUT2D eigenvalue weighted by Gasteiger charge is 2.04. The number of imidazole rings is 1. The third-order valence-electron chi connectivity index (χ3n) is 3.51. The molecule has 2 rings (SSSR count). The van der Waals surface area contributed by atoms with Gasteiger partial charge < -0.3 is 10.7 Å². The first-order valence-electron chi connectivity index (χ1n) is 6.86. The summed E-state index contributed by atoms with van der Waals surface area (Å²) < 4.78 is 0. The number of aromatic amines is 1. The Morgan fingerprint density at radius 3 is 2.56 bits per heavy atom. The zero-order valence-corrected chi connectivity index (χ0v) is 11.4. The Morgan fingerprint density at radius 2 is 1.78 bits per heavy atom. The molecule has 0 aliphatic heterocycles. The molecule has 0 aliphatic rings. The average Bonchev–Trinajstić information content (AvgIpc) is 2.71. The van der Waals surface area contributed by atoms with Crippen LogP contribution < -0.4 is 5.73 Å². The van der Waals surface area contributed by atoms with E-state index in [2.05, 4.69) is 35.9 Å². The fraction of sp³-hybridized carbons (Fsp3) is 0.533. The summed E-state index contributed by atoms with van der Waals surface area (Å²) in [6.07, 6.45) is 5.84. The van der Waals surface area contributed by atoms with Gasteiger partial charge >= 0.3 is 0 Å². The Morgan fingerprint density at radius 1 is 1.06 bits per heavy atom. The molecule has 3 heteroatoms. The lowest BCUT2D eigenvalue weighted by atomic mass is 10.1. The molecule has 1 heterocycles. The van der Waals surface area contributed by atoms with Crippen molar-refractivity contribution in [2.45, 2.75) is 46.0 Å². The summed E-state index contributed by atoms with van der Waals surface area (Å²) in [4.78, 5) is 8.07. The molecule has 0 atom stereocenters. The summed E-state index contributed by atoms with van der Waals surface area (Å²) in [5.41, 5.74) is 10.4. The molecular formula is C15H23N3. The van der Waals surface area contributed by atoms with Crippen LogP contribution in [0.15, 0.2) is 12.1 Å². The van der Waals surface area contributed by atoms with Gasteiger partial charge in [-0.1, -0.05) is 12.8 Å². The van der Waals surface area contributed by atoms with Crippen LogP contribution >= 0.6 is 0 Å². The van der Waals surface area contributed by atoms with E-state index in [9.17, 15) is 0 Å². The Kier molecular flexibility index (Phi) is 4.37. The molecule has 0 saturated heterocycles. The van der Waals surface area contributed by atoms with Crippen molar-refractivity contribution in [2.24, 2.45) is 5.73 Å². The van der Waals surface area contributed by atoms with Crippen molar-refractivity contribution in [1.29, 1.82) is 0 Å². The fourth-order valence-corrected chi connectivity index (χ4v) is 2.23. The number of fused-ring (bicyclic) bond motifs is 1. The third-order valence-corrected chi connectivity index (χ3v) is 3.51. The van der Waals surface area contributed by atoms with Crippen LogP contribution in [0.1, 0.15) is 42.6 Å². The van der Waals surface area contributed by atoms with Crippen LogP contribution in [0.2, 0.25) is 0 Å². The maximum absolute atomic E-state index is 5.48. The first-order chi connectivity index (χ1) is 8.70. The molecule has 0 spiro atoms. The molecule has 18 heavy (non-hydrogen) atoms. The van der Waals surface area contributed by atoms with E-state index in [1.54, 1.807) is 0 Å². The van der Waals surface area contributed by atoms with Gasteiger partial charge in [0.2, 0.25) is 0 Å². The topological polar surface area (TPSA) is 54.7 Å². The molecule has 0 amide bonds. The van der Waals surface area contributed by atoms with E-state index >= 15 is 0 Å². The Balaban J connectivity index is 1.97. The summed E-state index contributed by atoms with van der Waals surface area (Å²) in [6.45, 7) is 5.08. The SMILES string of the molecule is Cc1cc2nc(CCCCCCN)[nH]c2cc1C. The van der Waals surface area contributed by atoms with Crippen LogP contribution in [0.5, 0.6) is 0 Å². The number of benzene rings is 1. The number of unbranched alkanes of at least 4 members (excludes halogenated alkanes) is 3. The van der Waals surface area contributed by atoms with Gasteiger partial charge in [0.15, 0.2) is 0 Å². The highest BCUT2D eigenvalue weighted by molar-refractivity contribution is 5.77.